The quantitative estimate of drug-likeness (QED) is 0.896. The average Bonchev–Trinajstić information content (AvgIpc) is 2.99. The molecule has 2 aromatic heterocycles. The van der Waals surface area contributed by atoms with Gasteiger partial charge in [-0.05, 0) is 25.0 Å². The van der Waals surface area contributed by atoms with Crippen molar-refractivity contribution in [2.75, 3.05) is 18.0 Å². The first kappa shape index (κ1) is 11.7. The minimum absolute atomic E-state index is 0.209. The SMILES string of the molecule is O=C(O)c1c(N2CC3CCC(C2)O3)nc2ccccn12. The molecule has 0 spiro atoms. The smallest absolute Gasteiger partial charge is 0.356 e. The van der Waals surface area contributed by atoms with E-state index >= 15 is 0 Å². The maximum absolute atomic E-state index is 11.6. The van der Waals surface area contributed by atoms with Crippen molar-refractivity contribution in [2.24, 2.45) is 0 Å². The van der Waals surface area contributed by atoms with Crippen molar-refractivity contribution in [3.05, 3.63) is 30.1 Å². The second-order valence-electron chi connectivity index (χ2n) is 5.38. The monoisotopic (exact) mass is 273 g/mol. The van der Waals surface area contributed by atoms with Crippen LogP contribution in [0.15, 0.2) is 24.4 Å². The second kappa shape index (κ2) is 4.21. The summed E-state index contributed by atoms with van der Waals surface area (Å²) in [5, 5.41) is 9.51. The zero-order valence-electron chi connectivity index (χ0n) is 10.9. The van der Waals surface area contributed by atoms with Crippen LogP contribution in [0.1, 0.15) is 23.3 Å². The molecule has 1 N–H and O–H groups in total. The number of imidazole rings is 1. The zero-order chi connectivity index (χ0) is 13.7. The van der Waals surface area contributed by atoms with E-state index in [1.165, 1.54) is 0 Å². The van der Waals surface area contributed by atoms with Gasteiger partial charge in [0.05, 0.1) is 12.2 Å². The normalized spacial score (nSPS) is 25.3. The molecule has 0 amide bonds. The van der Waals surface area contributed by atoms with Crippen molar-refractivity contribution in [3.8, 4) is 0 Å². The number of ether oxygens (including phenoxy) is 1. The number of aromatic carboxylic acids is 1. The number of nitrogens with zero attached hydrogens (tertiary/aromatic N) is 3. The van der Waals surface area contributed by atoms with E-state index in [0.29, 0.717) is 11.5 Å². The van der Waals surface area contributed by atoms with Crippen LogP contribution < -0.4 is 4.90 Å². The van der Waals surface area contributed by atoms with Gasteiger partial charge >= 0.3 is 5.97 Å². The lowest BCUT2D eigenvalue weighted by molar-refractivity contribution is 0.0300. The zero-order valence-corrected chi connectivity index (χ0v) is 10.9. The third kappa shape index (κ3) is 1.68. The summed E-state index contributed by atoms with van der Waals surface area (Å²) in [5.74, 6) is -0.388. The summed E-state index contributed by atoms with van der Waals surface area (Å²) in [6.07, 6.45) is 4.26. The van der Waals surface area contributed by atoms with Crippen molar-refractivity contribution in [1.29, 1.82) is 0 Å². The van der Waals surface area contributed by atoms with Crippen molar-refractivity contribution in [1.82, 2.24) is 9.38 Å². The Bertz CT molecular complexity index is 669. The molecule has 2 aromatic rings. The van der Waals surface area contributed by atoms with Crippen LogP contribution in [-0.4, -0.2) is 45.8 Å². The van der Waals surface area contributed by atoms with Crippen LogP contribution in [-0.2, 0) is 4.74 Å². The average molecular weight is 273 g/mol. The van der Waals surface area contributed by atoms with Crippen LogP contribution >= 0.6 is 0 Å². The van der Waals surface area contributed by atoms with Gasteiger partial charge in [0.2, 0.25) is 0 Å². The summed E-state index contributed by atoms with van der Waals surface area (Å²) in [4.78, 5) is 18.2. The van der Waals surface area contributed by atoms with Gasteiger partial charge in [-0.3, -0.25) is 4.40 Å². The Morgan fingerprint density at radius 1 is 1.30 bits per heavy atom. The van der Waals surface area contributed by atoms with Gasteiger partial charge in [-0.25, -0.2) is 9.78 Å². The Labute approximate surface area is 115 Å². The van der Waals surface area contributed by atoms with Crippen molar-refractivity contribution < 1.29 is 14.6 Å². The van der Waals surface area contributed by atoms with Gasteiger partial charge in [-0.15, -0.1) is 0 Å². The predicted molar refractivity (Wildman–Crippen MR) is 72.3 cm³/mol. The summed E-state index contributed by atoms with van der Waals surface area (Å²) in [7, 11) is 0. The third-order valence-corrected chi connectivity index (χ3v) is 4.06. The molecule has 4 heterocycles. The van der Waals surface area contributed by atoms with E-state index in [2.05, 4.69) is 9.88 Å². The molecule has 104 valence electrons. The first-order chi connectivity index (χ1) is 9.72. The molecule has 2 atom stereocenters. The molecule has 0 aromatic carbocycles. The second-order valence-corrected chi connectivity index (χ2v) is 5.38. The highest BCUT2D eigenvalue weighted by Gasteiger charge is 2.36. The molecule has 0 aliphatic carbocycles. The molecule has 20 heavy (non-hydrogen) atoms. The number of hydrogen-bond donors (Lipinski definition) is 1. The fourth-order valence-corrected chi connectivity index (χ4v) is 3.19. The van der Waals surface area contributed by atoms with Gasteiger partial charge in [-0.2, -0.15) is 0 Å². The number of rotatable bonds is 2. The van der Waals surface area contributed by atoms with Crippen molar-refractivity contribution in [3.63, 3.8) is 0 Å². The maximum atomic E-state index is 11.6. The number of morpholine rings is 1. The third-order valence-electron chi connectivity index (χ3n) is 4.06. The predicted octanol–water partition coefficient (Wildman–Crippen LogP) is 1.40. The minimum atomic E-state index is -0.947. The molecule has 2 aliphatic heterocycles. The summed E-state index contributed by atoms with van der Waals surface area (Å²) in [6.45, 7) is 1.45. The largest absolute Gasteiger partial charge is 0.476 e. The number of carbonyl (C=O) groups is 1. The molecule has 6 heteroatoms. The minimum Gasteiger partial charge on any atom is -0.476 e. The molecular weight excluding hydrogens is 258 g/mol. The van der Waals surface area contributed by atoms with Gasteiger partial charge in [-0.1, -0.05) is 6.07 Å². The number of fused-ring (bicyclic) bond motifs is 3. The topological polar surface area (TPSA) is 67.1 Å². The van der Waals surface area contributed by atoms with E-state index in [1.807, 2.05) is 18.2 Å². The Balaban J connectivity index is 1.82. The molecule has 2 saturated heterocycles. The van der Waals surface area contributed by atoms with Crippen molar-refractivity contribution >= 4 is 17.4 Å². The Kier molecular flexibility index (Phi) is 2.47. The van der Waals surface area contributed by atoms with Gasteiger partial charge in [0.15, 0.2) is 11.5 Å². The Morgan fingerprint density at radius 3 is 2.75 bits per heavy atom. The number of aromatic nitrogens is 2. The fraction of sp³-hybridized carbons (Fsp3) is 0.429. The Morgan fingerprint density at radius 2 is 2.05 bits per heavy atom. The standard InChI is InChI=1S/C14H15N3O3/c18-14(19)12-13(15-11-3-1-2-6-17(11)12)16-7-9-4-5-10(8-16)20-9/h1-3,6,9-10H,4-5,7-8H2,(H,18,19). The highest BCUT2D eigenvalue weighted by Crippen LogP contribution is 2.31. The van der Waals surface area contributed by atoms with E-state index in [4.69, 9.17) is 4.74 Å². The molecule has 0 radical (unpaired) electrons. The van der Waals surface area contributed by atoms with Gasteiger partial charge in [0.1, 0.15) is 5.65 Å². The van der Waals surface area contributed by atoms with E-state index < -0.39 is 5.97 Å². The summed E-state index contributed by atoms with van der Waals surface area (Å²) in [5.41, 5.74) is 0.903. The molecule has 4 rings (SSSR count). The van der Waals surface area contributed by atoms with Crippen LogP contribution in [0.5, 0.6) is 0 Å². The molecular formula is C14H15N3O3. The molecule has 6 nitrogen and oxygen atoms in total. The van der Waals surface area contributed by atoms with Crippen LogP contribution in [0.25, 0.3) is 5.65 Å². The summed E-state index contributed by atoms with van der Waals surface area (Å²) in [6, 6.07) is 5.50. The van der Waals surface area contributed by atoms with Crippen molar-refractivity contribution in [2.45, 2.75) is 25.0 Å². The van der Waals surface area contributed by atoms with Crippen LogP contribution in [0, 0.1) is 0 Å². The van der Waals surface area contributed by atoms with E-state index in [0.717, 1.165) is 25.9 Å². The summed E-state index contributed by atoms with van der Waals surface area (Å²) < 4.78 is 7.43. The lowest BCUT2D eigenvalue weighted by atomic mass is 10.2. The van der Waals surface area contributed by atoms with E-state index in [-0.39, 0.29) is 17.9 Å². The summed E-state index contributed by atoms with van der Waals surface area (Å²) >= 11 is 0. The Hall–Kier alpha value is -2.08. The number of pyridine rings is 1. The van der Waals surface area contributed by atoms with Crippen LogP contribution in [0.3, 0.4) is 0 Å². The van der Waals surface area contributed by atoms with Gasteiger partial charge in [0.25, 0.3) is 0 Å². The molecule has 2 aliphatic rings. The van der Waals surface area contributed by atoms with Crippen LogP contribution in [0.2, 0.25) is 0 Å². The fourth-order valence-electron chi connectivity index (χ4n) is 3.19. The number of anilines is 1. The maximum Gasteiger partial charge on any atom is 0.356 e. The first-order valence-electron chi connectivity index (χ1n) is 6.83. The lowest BCUT2D eigenvalue weighted by Gasteiger charge is -2.32. The molecule has 2 bridgehead atoms. The number of carboxylic acids is 1. The first-order valence-corrected chi connectivity index (χ1v) is 6.83. The highest BCUT2D eigenvalue weighted by atomic mass is 16.5. The molecule has 0 saturated carbocycles. The van der Waals surface area contributed by atoms with Gasteiger partial charge in [0, 0.05) is 19.3 Å². The van der Waals surface area contributed by atoms with Gasteiger partial charge < -0.3 is 14.7 Å². The highest BCUT2D eigenvalue weighted by molar-refractivity contribution is 5.93. The lowest BCUT2D eigenvalue weighted by Crippen LogP contribution is -2.43. The van der Waals surface area contributed by atoms with Crippen LogP contribution in [0.4, 0.5) is 5.82 Å². The molecule has 2 fully saturated rings. The number of hydrogen-bond acceptors (Lipinski definition) is 4. The number of carboxylic acid groups (broad SMARTS) is 1. The molecule has 2 unspecified atom stereocenters. The van der Waals surface area contributed by atoms with E-state index in [1.54, 1.807) is 10.6 Å². The van der Waals surface area contributed by atoms with E-state index in [9.17, 15) is 9.90 Å².